The van der Waals surface area contributed by atoms with Gasteiger partial charge in [0, 0.05) is 0 Å². The molecule has 0 aromatic heterocycles. The predicted octanol–water partition coefficient (Wildman–Crippen LogP) is 4.66. The molecule has 0 amide bonds. The van der Waals surface area contributed by atoms with Crippen molar-refractivity contribution in [2.45, 2.75) is 39.5 Å². The minimum absolute atomic E-state index is 0.601. The van der Waals surface area contributed by atoms with Gasteiger partial charge < -0.3 is 13.8 Å². The Morgan fingerprint density at radius 3 is 1.41 bits per heavy atom. The van der Waals surface area contributed by atoms with Crippen molar-refractivity contribution < 1.29 is 10.2 Å². The molecule has 0 unspecified atom stereocenters. The van der Waals surface area contributed by atoms with Crippen molar-refractivity contribution in [2.24, 2.45) is 0 Å². The van der Waals surface area contributed by atoms with Crippen LogP contribution in [0.15, 0.2) is 48.5 Å². The number of nitrogens with zero attached hydrogens (tertiary/aromatic N) is 2. The van der Waals surface area contributed by atoms with Crippen molar-refractivity contribution in [3.05, 3.63) is 62.4 Å². The fourth-order valence-electron chi connectivity index (χ4n) is 2.21. The second kappa shape index (κ2) is 13.6. The average Bonchev–Trinajstić information content (AvgIpc) is 3.18. The van der Waals surface area contributed by atoms with E-state index < -0.39 is 21.7 Å². The summed E-state index contributed by atoms with van der Waals surface area (Å²) in [6, 6.07) is 15.5. The van der Waals surface area contributed by atoms with Gasteiger partial charge in [0.25, 0.3) is 0 Å². The predicted molar refractivity (Wildman–Crippen MR) is 120 cm³/mol. The van der Waals surface area contributed by atoms with E-state index in [1.807, 2.05) is 48.5 Å². The first-order chi connectivity index (χ1) is 13.1. The van der Waals surface area contributed by atoms with Gasteiger partial charge in [0.1, 0.15) is 0 Å². The van der Waals surface area contributed by atoms with Gasteiger partial charge in [0.05, 0.1) is 0 Å². The molecule has 0 spiro atoms. The van der Waals surface area contributed by atoms with Gasteiger partial charge in [-0.1, -0.05) is 26.7 Å². The fourth-order valence-corrected chi connectivity index (χ4v) is 5.91. The molecule has 3 rings (SSSR count). The first-order valence-corrected chi connectivity index (χ1v) is 12.1. The summed E-state index contributed by atoms with van der Waals surface area (Å²) in [7, 11) is 0. The molecule has 2 aromatic carbocycles. The van der Waals surface area contributed by atoms with Crippen molar-refractivity contribution in [3.8, 4) is 11.5 Å². The number of hydrogen-bond acceptors (Lipinski definition) is 2. The molecule has 1 aliphatic heterocycles. The molecule has 4 nitrogen and oxygen atoms in total. The fraction of sp³-hybridized carbons (Fsp3) is 0.364. The summed E-state index contributed by atoms with van der Waals surface area (Å²) in [6.07, 6.45) is 4.56. The Morgan fingerprint density at radius 1 is 0.778 bits per heavy atom. The van der Waals surface area contributed by atoms with Gasteiger partial charge in [-0.3, -0.25) is 0 Å². The zero-order valence-corrected chi connectivity index (χ0v) is 19.5. The van der Waals surface area contributed by atoms with Gasteiger partial charge in [0.2, 0.25) is 0 Å². The van der Waals surface area contributed by atoms with Gasteiger partial charge in [-0.25, -0.2) is 0 Å². The average molecular weight is 477 g/mol. The van der Waals surface area contributed by atoms with E-state index in [1.54, 1.807) is 0 Å². The Bertz CT molecular complexity index is 592. The Labute approximate surface area is 175 Å². The molecule has 1 saturated heterocycles. The van der Waals surface area contributed by atoms with Crippen LogP contribution in [0, 0.1) is 13.8 Å². The van der Waals surface area contributed by atoms with Crippen LogP contribution in [0.5, 0.6) is 11.5 Å². The Kier molecular flexibility index (Phi) is 11.8. The summed E-state index contributed by atoms with van der Waals surface area (Å²) in [5, 5.41) is 16.0. The van der Waals surface area contributed by atoms with Crippen LogP contribution in [0.2, 0.25) is 0 Å². The molecule has 5 heteroatoms. The van der Waals surface area contributed by atoms with Crippen LogP contribution in [-0.4, -0.2) is 45.0 Å². The van der Waals surface area contributed by atoms with E-state index in [2.05, 4.69) is 33.9 Å². The van der Waals surface area contributed by atoms with Crippen molar-refractivity contribution in [1.82, 2.24) is 0 Å². The molecule has 0 aliphatic carbocycles. The SMILES string of the molecule is [CH2-]CCC.[CH2-]CCC.[OH2+]c1ccccc1[N]1CC[N](c2ccccc2[OH2+])[Sn]1. The zero-order chi connectivity index (χ0) is 20.1. The molecular weight excluding hydrogens is 443 g/mol. The molecule has 0 saturated carbocycles. The van der Waals surface area contributed by atoms with Crippen LogP contribution in [0.4, 0.5) is 11.4 Å². The van der Waals surface area contributed by atoms with Gasteiger partial charge in [0.15, 0.2) is 0 Å². The van der Waals surface area contributed by atoms with E-state index in [9.17, 15) is 0 Å². The second-order valence-corrected chi connectivity index (χ2v) is 9.80. The Hall–Kier alpha value is -1.56. The van der Waals surface area contributed by atoms with E-state index in [0.717, 1.165) is 37.3 Å². The molecule has 1 heterocycles. The summed E-state index contributed by atoms with van der Waals surface area (Å²) in [4.78, 5) is 0. The van der Waals surface area contributed by atoms with E-state index in [0.29, 0.717) is 11.5 Å². The van der Waals surface area contributed by atoms with Gasteiger partial charge in [-0.05, 0) is 0 Å². The molecule has 27 heavy (non-hydrogen) atoms. The van der Waals surface area contributed by atoms with E-state index in [-0.39, 0.29) is 0 Å². The first kappa shape index (κ1) is 23.5. The molecule has 2 aromatic rings. The van der Waals surface area contributed by atoms with Crippen LogP contribution < -0.4 is 6.24 Å². The maximum atomic E-state index is 7.98. The summed E-state index contributed by atoms with van der Waals surface area (Å²) in [5.74, 6) is 1.20. The number of benzene rings is 2. The third-order valence-corrected chi connectivity index (χ3v) is 7.92. The number of rotatable bonds is 4. The molecular formula is C22H34N2O2Sn. The van der Waals surface area contributed by atoms with Gasteiger partial charge >= 0.3 is 123 Å². The van der Waals surface area contributed by atoms with Crippen LogP contribution in [0.3, 0.4) is 0 Å². The molecule has 1 aliphatic rings. The number of unbranched alkanes of at least 4 members (excludes halogenated alkanes) is 2. The maximum absolute atomic E-state index is 7.98. The van der Waals surface area contributed by atoms with Crippen LogP contribution in [-0.2, 0) is 0 Å². The third-order valence-electron chi connectivity index (χ3n) is 3.89. The molecule has 0 atom stereocenters. The summed E-state index contributed by atoms with van der Waals surface area (Å²) in [5.41, 5.74) is 2.08. The number of hydrogen-bond donors (Lipinski definition) is 0. The quantitative estimate of drug-likeness (QED) is 0.366. The zero-order valence-electron chi connectivity index (χ0n) is 16.7. The van der Waals surface area contributed by atoms with Crippen molar-refractivity contribution in [1.29, 1.82) is 0 Å². The number of anilines is 2. The summed E-state index contributed by atoms with van der Waals surface area (Å²) in [6.45, 7) is 13.4. The van der Waals surface area contributed by atoms with E-state index in [1.165, 1.54) is 12.8 Å². The molecule has 1 fully saturated rings. The monoisotopic (exact) mass is 478 g/mol. The third kappa shape index (κ3) is 7.91. The number of para-hydroxylation sites is 4. The van der Waals surface area contributed by atoms with Crippen molar-refractivity contribution in [3.63, 3.8) is 0 Å². The topological polar surface area (TPSA) is 52.3 Å². The van der Waals surface area contributed by atoms with Crippen LogP contribution in [0.1, 0.15) is 39.5 Å². The van der Waals surface area contributed by atoms with Crippen molar-refractivity contribution in [2.75, 3.05) is 19.3 Å². The molecule has 4 N–H and O–H groups in total. The van der Waals surface area contributed by atoms with Gasteiger partial charge in [-0.15, -0.1) is 0 Å². The van der Waals surface area contributed by atoms with E-state index >= 15 is 0 Å². The first-order valence-electron chi connectivity index (χ1n) is 9.60. The van der Waals surface area contributed by atoms with E-state index in [4.69, 9.17) is 10.2 Å². The Balaban J connectivity index is 0.000000390. The molecule has 2 radical (unpaired) electrons. The second-order valence-electron chi connectivity index (χ2n) is 6.14. The molecule has 0 bridgehead atoms. The summed E-state index contributed by atoms with van der Waals surface area (Å²) < 4.78 is 4.72. The molecule has 148 valence electrons. The normalized spacial score (nSPS) is 12.7. The summed E-state index contributed by atoms with van der Waals surface area (Å²) >= 11 is -0.951. The minimum atomic E-state index is -0.951. The van der Waals surface area contributed by atoms with Crippen molar-refractivity contribution >= 4 is 33.1 Å². The van der Waals surface area contributed by atoms with Crippen LogP contribution in [0.25, 0.3) is 0 Å². The van der Waals surface area contributed by atoms with Crippen LogP contribution >= 0.6 is 0 Å². The Morgan fingerprint density at radius 2 is 1.11 bits per heavy atom. The standard InChI is InChI=1S/C14H14N2O2.2C4H9.Sn/c17-13-7-3-1-5-11(13)15-9-10-16-12-6-2-4-8-14(12)18;2*1-3-4-2;/h1-8,17-18H,9-10H2;2*1,3-4H2,2H3;/q-2;2*-1;+2/p+2. The van der Waals surface area contributed by atoms with Gasteiger partial charge in [-0.2, -0.15) is 12.8 Å².